The minimum atomic E-state index is 0.474. The smallest absolute Gasteiger partial charge is 0.137 e. The van der Waals surface area contributed by atoms with Gasteiger partial charge in [0.15, 0.2) is 0 Å². The van der Waals surface area contributed by atoms with Gasteiger partial charge in [-0.1, -0.05) is 13.3 Å². The van der Waals surface area contributed by atoms with E-state index in [1.54, 1.807) is 0 Å². The van der Waals surface area contributed by atoms with Crippen LogP contribution in [0.15, 0.2) is 0 Å². The van der Waals surface area contributed by atoms with E-state index in [0.717, 1.165) is 19.4 Å². The topological polar surface area (TPSA) is 27.5 Å². The van der Waals surface area contributed by atoms with Crippen molar-refractivity contribution < 1.29 is 5.06 Å². The summed E-state index contributed by atoms with van der Waals surface area (Å²) in [6.45, 7) is 2.99. The molecule has 1 fully saturated rings. The van der Waals surface area contributed by atoms with Gasteiger partial charge in [-0.15, -0.1) is 0 Å². The fraction of sp³-hybridized carbons (Fsp3) is 1.00. The van der Waals surface area contributed by atoms with E-state index in [2.05, 4.69) is 6.92 Å². The summed E-state index contributed by atoms with van der Waals surface area (Å²) in [6.07, 6.45) is 2.29. The van der Waals surface area contributed by atoms with E-state index < -0.39 is 0 Å². The third kappa shape index (κ3) is 1.14. The minimum absolute atomic E-state index is 0.474. The van der Waals surface area contributed by atoms with E-state index in [0.29, 0.717) is 11.1 Å². The highest BCUT2D eigenvalue weighted by atomic mass is 16.5. The first-order valence-electron chi connectivity index (χ1n) is 2.87. The van der Waals surface area contributed by atoms with Crippen LogP contribution in [0.4, 0.5) is 0 Å². The standard InChI is InChI=1S/C5H11NO/c1-2-3-5-4-6(5)7/h5-6H,2-4H2,1H3. The summed E-state index contributed by atoms with van der Waals surface area (Å²) in [6, 6.07) is 0.477. The number of quaternary nitrogens is 1. The first-order valence-corrected chi connectivity index (χ1v) is 2.87. The molecule has 0 aromatic carbocycles. The summed E-state index contributed by atoms with van der Waals surface area (Å²) in [5.41, 5.74) is 0. The van der Waals surface area contributed by atoms with Crippen LogP contribution in [0.2, 0.25) is 0 Å². The van der Waals surface area contributed by atoms with Crippen LogP contribution < -0.4 is 5.06 Å². The number of rotatable bonds is 2. The van der Waals surface area contributed by atoms with Crippen molar-refractivity contribution in [1.82, 2.24) is 0 Å². The molecule has 0 bridgehead atoms. The zero-order valence-corrected chi connectivity index (χ0v) is 4.61. The van der Waals surface area contributed by atoms with E-state index in [1.165, 1.54) is 0 Å². The van der Waals surface area contributed by atoms with Crippen molar-refractivity contribution in [3.05, 3.63) is 5.21 Å². The number of hydroxylamine groups is 2. The SMILES string of the molecule is CCCC1C[NH+]1[O-]. The molecule has 0 amide bonds. The van der Waals surface area contributed by atoms with Gasteiger partial charge in [-0.05, 0) is 0 Å². The maximum atomic E-state index is 10.3. The Morgan fingerprint density at radius 2 is 2.43 bits per heavy atom. The summed E-state index contributed by atoms with van der Waals surface area (Å²) in [5, 5.41) is 10.8. The molecule has 0 aliphatic carbocycles. The average Bonchev–Trinajstić information content (AvgIpc) is 2.22. The molecular weight excluding hydrogens is 90.1 g/mol. The van der Waals surface area contributed by atoms with Gasteiger partial charge in [-0.25, -0.2) is 0 Å². The largest absolute Gasteiger partial charge is 0.634 e. The first kappa shape index (κ1) is 5.06. The van der Waals surface area contributed by atoms with Gasteiger partial charge >= 0.3 is 0 Å². The first-order chi connectivity index (χ1) is 3.34. The summed E-state index contributed by atoms with van der Waals surface area (Å²) in [5.74, 6) is 0. The van der Waals surface area contributed by atoms with Gasteiger partial charge < -0.3 is 10.3 Å². The van der Waals surface area contributed by atoms with Crippen LogP contribution in [0.5, 0.6) is 0 Å². The Hall–Kier alpha value is -0.0800. The van der Waals surface area contributed by atoms with Gasteiger partial charge in [-0.3, -0.25) is 0 Å². The van der Waals surface area contributed by atoms with Crippen molar-refractivity contribution in [3.8, 4) is 0 Å². The Labute approximate surface area is 43.7 Å². The van der Waals surface area contributed by atoms with Crippen LogP contribution in [0.1, 0.15) is 19.8 Å². The molecule has 7 heavy (non-hydrogen) atoms. The summed E-state index contributed by atoms with van der Waals surface area (Å²) >= 11 is 0. The molecule has 0 spiro atoms. The second kappa shape index (κ2) is 1.80. The molecule has 1 aliphatic rings. The summed E-state index contributed by atoms with van der Waals surface area (Å²) < 4.78 is 0. The normalized spacial score (nSPS) is 38.6. The van der Waals surface area contributed by atoms with E-state index in [1.807, 2.05) is 0 Å². The van der Waals surface area contributed by atoms with Gasteiger partial charge in [0.2, 0.25) is 0 Å². The quantitative estimate of drug-likeness (QED) is 0.370. The molecule has 2 nitrogen and oxygen atoms in total. The Kier molecular flexibility index (Phi) is 1.30. The van der Waals surface area contributed by atoms with E-state index in [-0.39, 0.29) is 0 Å². The fourth-order valence-electron chi connectivity index (χ4n) is 0.795. The molecule has 0 aromatic heterocycles. The average molecular weight is 101 g/mol. The van der Waals surface area contributed by atoms with Crippen LogP contribution in [-0.2, 0) is 0 Å². The van der Waals surface area contributed by atoms with Crippen molar-refractivity contribution in [2.24, 2.45) is 0 Å². The Balaban J connectivity index is 1.98. The Morgan fingerprint density at radius 3 is 2.57 bits per heavy atom. The lowest BCUT2D eigenvalue weighted by Crippen LogP contribution is -2.87. The van der Waals surface area contributed by atoms with Crippen molar-refractivity contribution in [3.63, 3.8) is 0 Å². The minimum Gasteiger partial charge on any atom is -0.634 e. The van der Waals surface area contributed by atoms with Gasteiger partial charge in [0.05, 0.1) is 0 Å². The lowest BCUT2D eigenvalue weighted by molar-refractivity contribution is -0.714. The van der Waals surface area contributed by atoms with Crippen molar-refractivity contribution in [2.45, 2.75) is 25.8 Å². The second-order valence-electron chi connectivity index (χ2n) is 2.16. The molecule has 2 heteroatoms. The lowest BCUT2D eigenvalue weighted by Gasteiger charge is -1.95. The summed E-state index contributed by atoms with van der Waals surface area (Å²) in [7, 11) is 0. The molecule has 42 valence electrons. The highest BCUT2D eigenvalue weighted by Crippen LogP contribution is 1.96. The molecule has 2 atom stereocenters. The zero-order chi connectivity index (χ0) is 5.28. The fourth-order valence-corrected chi connectivity index (χ4v) is 0.795. The molecule has 0 aromatic rings. The predicted molar refractivity (Wildman–Crippen MR) is 27.9 cm³/mol. The number of nitrogens with one attached hydrogen (secondary N) is 1. The van der Waals surface area contributed by atoms with Crippen molar-refractivity contribution in [2.75, 3.05) is 6.54 Å². The maximum absolute atomic E-state index is 10.3. The number of hydrogen-bond donors (Lipinski definition) is 1. The van der Waals surface area contributed by atoms with Gasteiger partial charge in [0, 0.05) is 6.42 Å². The highest BCUT2D eigenvalue weighted by molar-refractivity contribution is 4.63. The van der Waals surface area contributed by atoms with E-state index in [4.69, 9.17) is 0 Å². The van der Waals surface area contributed by atoms with Crippen LogP contribution in [0.25, 0.3) is 0 Å². The van der Waals surface area contributed by atoms with E-state index >= 15 is 0 Å². The van der Waals surface area contributed by atoms with Gasteiger partial charge in [-0.2, -0.15) is 0 Å². The highest BCUT2D eigenvalue weighted by Gasteiger charge is 2.31. The van der Waals surface area contributed by atoms with Crippen LogP contribution in [-0.4, -0.2) is 12.6 Å². The van der Waals surface area contributed by atoms with Crippen molar-refractivity contribution >= 4 is 0 Å². The van der Waals surface area contributed by atoms with Gasteiger partial charge in [0.25, 0.3) is 0 Å². The second-order valence-corrected chi connectivity index (χ2v) is 2.16. The molecule has 1 rings (SSSR count). The molecule has 0 saturated carbocycles. The molecule has 2 unspecified atom stereocenters. The predicted octanol–water partition coefficient (Wildman–Crippen LogP) is -0.449. The van der Waals surface area contributed by atoms with Crippen LogP contribution in [0.3, 0.4) is 0 Å². The van der Waals surface area contributed by atoms with Crippen LogP contribution >= 0.6 is 0 Å². The molecule has 1 saturated heterocycles. The third-order valence-corrected chi connectivity index (χ3v) is 1.38. The molecule has 1 aliphatic heterocycles. The Bertz CT molecular complexity index is 65.1. The Morgan fingerprint density at radius 1 is 1.86 bits per heavy atom. The lowest BCUT2D eigenvalue weighted by atomic mass is 10.3. The third-order valence-electron chi connectivity index (χ3n) is 1.38. The monoisotopic (exact) mass is 101 g/mol. The molecule has 1 heterocycles. The zero-order valence-electron chi connectivity index (χ0n) is 4.61. The molecule has 1 N–H and O–H groups in total. The molecular formula is C5H11NO. The maximum Gasteiger partial charge on any atom is 0.137 e. The summed E-state index contributed by atoms with van der Waals surface area (Å²) in [4.78, 5) is 0. The van der Waals surface area contributed by atoms with Crippen LogP contribution in [0, 0.1) is 5.21 Å². The molecule has 0 radical (unpaired) electrons. The van der Waals surface area contributed by atoms with Gasteiger partial charge in [0.1, 0.15) is 12.6 Å². The number of hydrogen-bond acceptors (Lipinski definition) is 1. The van der Waals surface area contributed by atoms with Crippen molar-refractivity contribution in [1.29, 1.82) is 0 Å². The van der Waals surface area contributed by atoms with E-state index in [9.17, 15) is 5.21 Å².